The Kier molecular flexibility index (Phi) is 12.1. The lowest BCUT2D eigenvalue weighted by Crippen LogP contribution is -2.56. The quantitative estimate of drug-likeness (QED) is 0.140. The highest BCUT2D eigenvalue weighted by atomic mass is 16.6. The summed E-state index contributed by atoms with van der Waals surface area (Å²) in [5.74, 6) is -0.289. The van der Waals surface area contributed by atoms with Crippen molar-refractivity contribution in [1.29, 1.82) is 0 Å². The Morgan fingerprint density at radius 1 is 0.816 bits per heavy atom. The number of nitrogens with one attached hydrogen (secondary N) is 2. The van der Waals surface area contributed by atoms with Crippen molar-refractivity contribution in [3.05, 3.63) is 107 Å². The minimum Gasteiger partial charge on any atom is -0.508 e. The Hall–Kier alpha value is -4.85. The molecule has 49 heavy (non-hydrogen) atoms. The number of aryl methyl sites for hydroxylation is 2. The summed E-state index contributed by atoms with van der Waals surface area (Å²) < 4.78 is 5.60. The molecule has 4 rings (SSSR count). The van der Waals surface area contributed by atoms with Crippen molar-refractivity contribution in [1.82, 2.24) is 10.2 Å². The summed E-state index contributed by atoms with van der Waals surface area (Å²) in [6, 6.07) is 23.6. The highest BCUT2D eigenvalue weighted by Gasteiger charge is 2.40. The van der Waals surface area contributed by atoms with E-state index < -0.39 is 29.7 Å². The molecule has 0 saturated heterocycles. The van der Waals surface area contributed by atoms with Gasteiger partial charge in [-0.3, -0.25) is 9.59 Å². The summed E-state index contributed by atoms with van der Waals surface area (Å²) in [4.78, 5) is 44.7. The van der Waals surface area contributed by atoms with Gasteiger partial charge in [0.15, 0.2) is 0 Å². The predicted octanol–water partition coefficient (Wildman–Crippen LogP) is 8.63. The SMILES string of the molecule is Cc1cccc(C)c1C(C(=O)Nc1ccc2ccccc2c1)N(C(=O)C(Cc1ccc(O)cc1)NC(=O)OC(C)(C)C)C(C)CCC(C)C. The summed E-state index contributed by atoms with van der Waals surface area (Å²) in [5.41, 5.74) is 3.05. The summed E-state index contributed by atoms with van der Waals surface area (Å²) >= 11 is 0. The van der Waals surface area contributed by atoms with E-state index in [0.717, 1.165) is 39.4 Å². The molecule has 0 bridgehead atoms. The molecule has 0 aromatic heterocycles. The number of anilines is 1. The van der Waals surface area contributed by atoms with E-state index >= 15 is 4.79 Å². The molecule has 8 nitrogen and oxygen atoms in total. The first-order valence-electron chi connectivity index (χ1n) is 17.1. The largest absolute Gasteiger partial charge is 0.508 e. The van der Waals surface area contributed by atoms with Crippen molar-refractivity contribution in [2.75, 3.05) is 5.32 Å². The van der Waals surface area contributed by atoms with Crippen LogP contribution in [0.1, 0.15) is 82.7 Å². The monoisotopic (exact) mass is 665 g/mol. The van der Waals surface area contributed by atoms with Crippen LogP contribution in [0.3, 0.4) is 0 Å². The number of alkyl carbamates (subject to hydrolysis) is 1. The van der Waals surface area contributed by atoms with E-state index in [1.807, 2.05) is 81.4 Å². The second kappa shape index (κ2) is 16.0. The van der Waals surface area contributed by atoms with E-state index in [0.29, 0.717) is 18.0 Å². The number of fused-ring (bicyclic) bond motifs is 1. The molecule has 3 unspecified atom stereocenters. The molecule has 0 saturated carbocycles. The van der Waals surface area contributed by atoms with Gasteiger partial charge in [0.1, 0.15) is 23.4 Å². The minimum atomic E-state index is -1.07. The van der Waals surface area contributed by atoms with E-state index in [4.69, 9.17) is 4.74 Å². The van der Waals surface area contributed by atoms with Gasteiger partial charge >= 0.3 is 6.09 Å². The number of nitrogens with zero attached hydrogens (tertiary/aromatic N) is 1. The van der Waals surface area contributed by atoms with Gasteiger partial charge in [-0.1, -0.05) is 74.5 Å². The van der Waals surface area contributed by atoms with Crippen LogP contribution in [-0.4, -0.2) is 45.6 Å². The van der Waals surface area contributed by atoms with E-state index in [-0.39, 0.29) is 24.1 Å². The molecule has 260 valence electrons. The van der Waals surface area contributed by atoms with E-state index in [2.05, 4.69) is 24.5 Å². The van der Waals surface area contributed by atoms with E-state index in [1.54, 1.807) is 49.9 Å². The van der Waals surface area contributed by atoms with Crippen molar-refractivity contribution in [3.8, 4) is 5.75 Å². The van der Waals surface area contributed by atoms with Crippen LogP contribution in [0.2, 0.25) is 0 Å². The van der Waals surface area contributed by atoms with Gasteiger partial charge in [0, 0.05) is 18.2 Å². The Balaban J connectivity index is 1.84. The number of ether oxygens (including phenoxy) is 1. The highest BCUT2D eigenvalue weighted by Crippen LogP contribution is 2.33. The summed E-state index contributed by atoms with van der Waals surface area (Å²) in [6.45, 7) is 15.4. The maximum absolute atomic E-state index is 15.1. The molecule has 0 fully saturated rings. The molecule has 0 radical (unpaired) electrons. The Morgan fingerprint density at radius 3 is 2.06 bits per heavy atom. The molecule has 0 spiro atoms. The standard InChI is InChI=1S/C41H51N3O5/c1-26(2)16-17-29(5)44(39(47)35(43-40(48)49-41(6,7)8)24-30-18-22-34(45)23-19-30)37(36-27(3)12-11-13-28(36)4)38(46)42-33-21-20-31-14-9-10-15-32(31)25-33/h9-15,18-23,25-26,29,35,37,45H,16-17,24H2,1-8H3,(H,42,46)(H,43,48). The molecule has 3 N–H and O–H groups in total. The van der Waals surface area contributed by atoms with Gasteiger partial charge in [0.05, 0.1) is 0 Å². The zero-order valence-electron chi connectivity index (χ0n) is 30.0. The second-order valence-electron chi connectivity index (χ2n) is 14.4. The molecule has 0 heterocycles. The number of phenolic OH excluding ortho intramolecular Hbond substituents is 1. The van der Waals surface area contributed by atoms with Gasteiger partial charge in [-0.25, -0.2) is 4.79 Å². The predicted molar refractivity (Wildman–Crippen MR) is 197 cm³/mol. The molecule has 0 aliphatic carbocycles. The lowest BCUT2D eigenvalue weighted by Gasteiger charge is -2.40. The average Bonchev–Trinajstić information content (AvgIpc) is 3.02. The molecule has 3 atom stereocenters. The number of rotatable bonds is 12. The van der Waals surface area contributed by atoms with Crippen LogP contribution in [0, 0.1) is 19.8 Å². The Bertz CT molecular complexity index is 1740. The fourth-order valence-corrected chi connectivity index (χ4v) is 6.14. The number of benzene rings is 4. The first-order chi connectivity index (χ1) is 23.1. The van der Waals surface area contributed by atoms with Crippen molar-refractivity contribution < 1.29 is 24.2 Å². The van der Waals surface area contributed by atoms with Gasteiger partial charge in [-0.15, -0.1) is 0 Å². The summed E-state index contributed by atoms with van der Waals surface area (Å²) in [7, 11) is 0. The average molecular weight is 666 g/mol. The fourth-order valence-electron chi connectivity index (χ4n) is 6.14. The molecule has 3 amide bonds. The van der Waals surface area contributed by atoms with E-state index in [9.17, 15) is 14.7 Å². The van der Waals surface area contributed by atoms with Gasteiger partial charge in [0.25, 0.3) is 5.91 Å². The molecule has 0 aliphatic rings. The minimum absolute atomic E-state index is 0.0936. The topological polar surface area (TPSA) is 108 Å². The lowest BCUT2D eigenvalue weighted by molar-refractivity contribution is -0.143. The maximum atomic E-state index is 15.1. The zero-order chi connectivity index (χ0) is 35.9. The molecule has 4 aromatic carbocycles. The van der Waals surface area contributed by atoms with Crippen LogP contribution >= 0.6 is 0 Å². The van der Waals surface area contributed by atoms with Crippen molar-refractivity contribution in [2.45, 2.75) is 98.4 Å². The van der Waals surface area contributed by atoms with Crippen LogP contribution in [0.15, 0.2) is 84.9 Å². The van der Waals surface area contributed by atoms with Crippen LogP contribution in [-0.2, 0) is 20.7 Å². The first-order valence-corrected chi connectivity index (χ1v) is 17.1. The maximum Gasteiger partial charge on any atom is 0.408 e. The van der Waals surface area contributed by atoms with Crippen LogP contribution in [0.4, 0.5) is 10.5 Å². The van der Waals surface area contributed by atoms with Crippen molar-refractivity contribution >= 4 is 34.4 Å². The third-order valence-corrected chi connectivity index (χ3v) is 8.62. The molecule has 0 aliphatic heterocycles. The summed E-state index contributed by atoms with van der Waals surface area (Å²) in [6.07, 6.45) is 0.867. The second-order valence-corrected chi connectivity index (χ2v) is 14.4. The summed E-state index contributed by atoms with van der Waals surface area (Å²) in [5, 5.41) is 17.9. The van der Waals surface area contributed by atoms with Crippen LogP contribution < -0.4 is 10.6 Å². The number of aromatic hydroxyl groups is 1. The molecule has 8 heteroatoms. The van der Waals surface area contributed by atoms with Crippen LogP contribution in [0.5, 0.6) is 5.75 Å². The lowest BCUT2D eigenvalue weighted by atomic mass is 9.91. The zero-order valence-corrected chi connectivity index (χ0v) is 30.0. The van der Waals surface area contributed by atoms with Gasteiger partial charge in [-0.2, -0.15) is 0 Å². The number of amides is 3. The third-order valence-electron chi connectivity index (χ3n) is 8.62. The Labute approximate surface area is 290 Å². The molecular weight excluding hydrogens is 614 g/mol. The highest BCUT2D eigenvalue weighted by molar-refractivity contribution is 6.01. The number of carbonyl (C=O) groups is 3. The number of hydrogen-bond acceptors (Lipinski definition) is 5. The number of carbonyl (C=O) groups excluding carboxylic acids is 3. The third kappa shape index (κ3) is 10.1. The van der Waals surface area contributed by atoms with Gasteiger partial charge < -0.3 is 25.4 Å². The molecular formula is C41H51N3O5. The number of phenols is 1. The first kappa shape index (κ1) is 37.0. The van der Waals surface area contributed by atoms with Crippen molar-refractivity contribution in [3.63, 3.8) is 0 Å². The normalized spacial score (nSPS) is 13.4. The van der Waals surface area contributed by atoms with Gasteiger partial charge in [0.2, 0.25) is 5.91 Å². The fraction of sp³-hybridized carbons (Fsp3) is 0.390. The van der Waals surface area contributed by atoms with Gasteiger partial charge in [-0.05, 0) is 118 Å². The smallest absolute Gasteiger partial charge is 0.408 e. The van der Waals surface area contributed by atoms with Crippen molar-refractivity contribution in [2.24, 2.45) is 5.92 Å². The van der Waals surface area contributed by atoms with Crippen LogP contribution in [0.25, 0.3) is 10.8 Å². The number of hydrogen-bond donors (Lipinski definition) is 3. The molecule has 4 aromatic rings. The van der Waals surface area contributed by atoms with E-state index in [1.165, 1.54) is 0 Å². The Morgan fingerprint density at radius 2 is 1.45 bits per heavy atom.